The lowest BCUT2D eigenvalue weighted by Crippen LogP contribution is -2.54. The first kappa shape index (κ1) is 21.1. The van der Waals surface area contributed by atoms with Crippen LogP contribution in [0.25, 0.3) is 0 Å². The number of aromatic hydroxyl groups is 1. The topological polar surface area (TPSA) is 75.0 Å². The van der Waals surface area contributed by atoms with Crippen LogP contribution in [0.4, 0.5) is 4.39 Å². The molecule has 1 aliphatic heterocycles. The number of carbonyl (C=O) groups is 1. The number of hydrogen-bond acceptors (Lipinski definition) is 5. The molecule has 1 N–H and O–H groups in total. The molecule has 2 heterocycles. The number of halogens is 1. The zero-order chi connectivity index (χ0) is 23.1. The molecule has 0 spiro atoms. The summed E-state index contributed by atoms with van der Waals surface area (Å²) in [5.74, 6) is -0.940. The number of hydrogen-bond donors (Lipinski definition) is 1. The third kappa shape index (κ3) is 3.82. The fourth-order valence-electron chi connectivity index (χ4n) is 4.19. The highest BCUT2D eigenvalue weighted by atomic mass is 19.1. The quantitative estimate of drug-likeness (QED) is 0.625. The fraction of sp³-hybridized carbons (Fsp3) is 0.280. The molecule has 1 aliphatic carbocycles. The first-order valence-corrected chi connectivity index (χ1v) is 10.9. The highest BCUT2D eigenvalue weighted by Crippen LogP contribution is 2.39. The molecule has 1 fully saturated rings. The zero-order valence-corrected chi connectivity index (χ0v) is 18.1. The highest BCUT2D eigenvalue weighted by molar-refractivity contribution is 5.96. The SMILES string of the molecule is CN1CN([C@@H](c2ccccc2)c2cccc(F)c2OCC2CC2)n2ccc(=O)c(O)c2C1=O. The highest BCUT2D eigenvalue weighted by Gasteiger charge is 2.36. The molecule has 1 aromatic heterocycles. The molecule has 2 aromatic carbocycles. The van der Waals surface area contributed by atoms with Gasteiger partial charge in [-0.2, -0.15) is 0 Å². The van der Waals surface area contributed by atoms with E-state index in [4.69, 9.17) is 4.74 Å². The van der Waals surface area contributed by atoms with Crippen molar-refractivity contribution in [3.8, 4) is 11.5 Å². The Hall–Kier alpha value is -3.81. The molecule has 0 unspecified atom stereocenters. The van der Waals surface area contributed by atoms with Gasteiger partial charge in [0.05, 0.1) is 6.61 Å². The molecule has 170 valence electrons. The minimum Gasteiger partial charge on any atom is -0.502 e. The number of benzene rings is 2. The van der Waals surface area contributed by atoms with E-state index in [1.807, 2.05) is 41.4 Å². The Morgan fingerprint density at radius 3 is 2.58 bits per heavy atom. The van der Waals surface area contributed by atoms with E-state index >= 15 is 4.39 Å². The van der Waals surface area contributed by atoms with E-state index in [0.29, 0.717) is 18.1 Å². The van der Waals surface area contributed by atoms with Crippen LogP contribution in [0, 0.1) is 11.7 Å². The minimum absolute atomic E-state index is 0.131. The summed E-state index contributed by atoms with van der Waals surface area (Å²) in [7, 11) is 1.59. The average molecular weight is 449 g/mol. The molecule has 0 radical (unpaired) electrons. The van der Waals surface area contributed by atoms with E-state index in [2.05, 4.69) is 0 Å². The lowest BCUT2D eigenvalue weighted by molar-refractivity contribution is 0.0726. The van der Waals surface area contributed by atoms with Gasteiger partial charge >= 0.3 is 0 Å². The van der Waals surface area contributed by atoms with Gasteiger partial charge in [0.1, 0.15) is 12.7 Å². The van der Waals surface area contributed by atoms with Gasteiger partial charge in [-0.3, -0.25) is 19.3 Å². The summed E-state index contributed by atoms with van der Waals surface area (Å²) < 4.78 is 22.5. The number of aromatic nitrogens is 1. The number of carbonyl (C=O) groups excluding carboxylic acids is 1. The van der Waals surface area contributed by atoms with Crippen LogP contribution in [0.5, 0.6) is 11.5 Å². The van der Waals surface area contributed by atoms with Crippen molar-refractivity contribution in [3.05, 3.63) is 93.7 Å². The largest absolute Gasteiger partial charge is 0.502 e. The van der Waals surface area contributed by atoms with Crippen molar-refractivity contribution in [1.82, 2.24) is 9.58 Å². The van der Waals surface area contributed by atoms with Gasteiger partial charge < -0.3 is 14.7 Å². The predicted octanol–water partition coefficient (Wildman–Crippen LogP) is 3.25. The predicted molar refractivity (Wildman–Crippen MR) is 120 cm³/mol. The number of amides is 1. The summed E-state index contributed by atoms with van der Waals surface area (Å²) in [4.78, 5) is 26.3. The minimum atomic E-state index is -0.639. The Morgan fingerprint density at radius 2 is 1.85 bits per heavy atom. The van der Waals surface area contributed by atoms with Crippen molar-refractivity contribution in [1.29, 1.82) is 0 Å². The van der Waals surface area contributed by atoms with E-state index in [0.717, 1.165) is 18.4 Å². The first-order valence-electron chi connectivity index (χ1n) is 10.9. The fourth-order valence-corrected chi connectivity index (χ4v) is 4.19. The number of ether oxygens (including phenoxy) is 1. The van der Waals surface area contributed by atoms with Crippen LogP contribution < -0.4 is 15.2 Å². The number of pyridine rings is 1. The maximum Gasteiger partial charge on any atom is 0.277 e. The monoisotopic (exact) mass is 449 g/mol. The van der Waals surface area contributed by atoms with Gasteiger partial charge in [0.25, 0.3) is 5.91 Å². The van der Waals surface area contributed by atoms with E-state index in [9.17, 15) is 14.7 Å². The van der Waals surface area contributed by atoms with Crippen LogP contribution in [0.1, 0.15) is 40.5 Å². The van der Waals surface area contributed by atoms with Crippen molar-refractivity contribution in [3.63, 3.8) is 0 Å². The maximum absolute atomic E-state index is 15.0. The molecule has 7 nitrogen and oxygen atoms in total. The van der Waals surface area contributed by atoms with Gasteiger partial charge in [-0.15, -0.1) is 0 Å². The van der Waals surface area contributed by atoms with Crippen LogP contribution in [-0.2, 0) is 0 Å². The Kier molecular flexibility index (Phi) is 5.28. The van der Waals surface area contributed by atoms with E-state index in [-0.39, 0.29) is 18.1 Å². The second-order valence-corrected chi connectivity index (χ2v) is 8.53. The number of nitrogens with zero attached hydrogens (tertiary/aromatic N) is 3. The first-order chi connectivity index (χ1) is 16.0. The normalized spacial score (nSPS) is 16.5. The van der Waals surface area contributed by atoms with Gasteiger partial charge in [0.15, 0.2) is 23.0 Å². The third-order valence-electron chi connectivity index (χ3n) is 6.10. The third-order valence-corrected chi connectivity index (χ3v) is 6.10. The smallest absolute Gasteiger partial charge is 0.277 e. The Balaban J connectivity index is 1.70. The summed E-state index contributed by atoms with van der Waals surface area (Å²) in [6, 6.07) is 14.9. The van der Waals surface area contributed by atoms with Crippen molar-refractivity contribution in [2.45, 2.75) is 18.9 Å². The van der Waals surface area contributed by atoms with Gasteiger partial charge in [-0.1, -0.05) is 42.5 Å². The van der Waals surface area contributed by atoms with Crippen molar-refractivity contribution < 1.29 is 19.0 Å². The van der Waals surface area contributed by atoms with Gasteiger partial charge in [-0.25, -0.2) is 4.39 Å². The molecular weight excluding hydrogens is 425 g/mol. The standard InChI is InChI=1S/C25H24FN3O4/c1-27-15-29(28-13-12-20(30)23(31)22(28)25(27)32)21(17-6-3-2-4-7-17)18-8-5-9-19(26)24(18)33-14-16-10-11-16/h2-9,12-13,16,21,31H,10-11,14-15H2,1H3/t21-/m0/s1. The summed E-state index contributed by atoms with van der Waals surface area (Å²) in [5.41, 5.74) is 0.661. The number of para-hydroxylation sites is 1. The second kappa shape index (κ2) is 8.27. The van der Waals surface area contributed by atoms with E-state index < -0.39 is 28.9 Å². The maximum atomic E-state index is 15.0. The summed E-state index contributed by atoms with van der Waals surface area (Å²) in [5, 5.41) is 12.2. The van der Waals surface area contributed by atoms with E-state index in [1.54, 1.807) is 13.1 Å². The Bertz CT molecular complexity index is 1260. The number of rotatable bonds is 6. The molecule has 1 atom stereocenters. The molecule has 1 amide bonds. The van der Waals surface area contributed by atoms with Crippen LogP contribution in [-0.4, -0.2) is 40.9 Å². The number of fused-ring (bicyclic) bond motifs is 1. The molecule has 2 aliphatic rings. The van der Waals surface area contributed by atoms with Crippen molar-refractivity contribution >= 4 is 5.91 Å². The molecule has 33 heavy (non-hydrogen) atoms. The zero-order valence-electron chi connectivity index (χ0n) is 18.1. The molecular formula is C25H24FN3O4. The summed E-state index contributed by atoms with van der Waals surface area (Å²) in [6.45, 7) is 0.587. The Labute approximate surface area is 190 Å². The molecule has 0 bridgehead atoms. The van der Waals surface area contributed by atoms with Crippen LogP contribution in [0.15, 0.2) is 65.6 Å². The molecule has 1 saturated carbocycles. The molecule has 0 saturated heterocycles. The molecule has 3 aromatic rings. The van der Waals surface area contributed by atoms with Gasteiger partial charge in [-0.05, 0) is 30.4 Å². The average Bonchev–Trinajstić information content (AvgIpc) is 3.64. The van der Waals surface area contributed by atoms with Gasteiger partial charge in [0, 0.05) is 24.9 Å². The van der Waals surface area contributed by atoms with Crippen LogP contribution in [0.2, 0.25) is 0 Å². The van der Waals surface area contributed by atoms with Crippen molar-refractivity contribution in [2.75, 3.05) is 25.3 Å². The Morgan fingerprint density at radius 1 is 1.09 bits per heavy atom. The van der Waals surface area contributed by atoms with Crippen LogP contribution >= 0.6 is 0 Å². The van der Waals surface area contributed by atoms with Gasteiger partial charge in [0.2, 0.25) is 5.43 Å². The lowest BCUT2D eigenvalue weighted by Gasteiger charge is -2.43. The van der Waals surface area contributed by atoms with Crippen LogP contribution in [0.3, 0.4) is 0 Å². The summed E-state index contributed by atoms with van der Waals surface area (Å²) in [6.07, 6.45) is 3.61. The molecule has 8 heteroatoms. The summed E-state index contributed by atoms with van der Waals surface area (Å²) >= 11 is 0. The van der Waals surface area contributed by atoms with E-state index in [1.165, 1.54) is 27.9 Å². The second-order valence-electron chi connectivity index (χ2n) is 8.53. The van der Waals surface area contributed by atoms with Crippen molar-refractivity contribution in [2.24, 2.45) is 5.92 Å². The lowest BCUT2D eigenvalue weighted by atomic mass is 9.96. The molecule has 5 rings (SSSR count).